The lowest BCUT2D eigenvalue weighted by Crippen LogP contribution is -2.18. The normalized spacial score (nSPS) is 11.5. The molecule has 0 radical (unpaired) electrons. The Kier molecular flexibility index (Phi) is 4.24. The zero-order chi connectivity index (χ0) is 15.8. The van der Waals surface area contributed by atoms with Crippen LogP contribution in [0.4, 0.5) is 11.4 Å². The number of anilines is 2. The lowest BCUT2D eigenvalue weighted by atomic mass is 10.2. The third-order valence-corrected chi connectivity index (χ3v) is 5.21. The van der Waals surface area contributed by atoms with Crippen LogP contribution in [0.5, 0.6) is 0 Å². The number of aryl methyl sites for hydroxylation is 2. The summed E-state index contributed by atoms with van der Waals surface area (Å²) in [4.78, 5) is 1.95. The zero-order valence-corrected chi connectivity index (χ0v) is 14.5. The van der Waals surface area contributed by atoms with E-state index in [-0.39, 0.29) is 9.63 Å². The number of halogens is 1. The van der Waals surface area contributed by atoms with E-state index in [4.69, 9.17) is 0 Å². The van der Waals surface area contributed by atoms with E-state index in [2.05, 4.69) is 31.0 Å². The maximum atomic E-state index is 12.4. The van der Waals surface area contributed by atoms with Crippen LogP contribution in [0, 0.1) is 6.92 Å². The Bertz CT molecular complexity index is 750. The van der Waals surface area contributed by atoms with Gasteiger partial charge in [0.05, 0.1) is 5.69 Å². The molecule has 0 bridgehead atoms. The molecule has 9 heteroatoms. The Morgan fingerprint density at radius 3 is 2.48 bits per heavy atom. The van der Waals surface area contributed by atoms with Crippen LogP contribution in [0.2, 0.25) is 0 Å². The summed E-state index contributed by atoms with van der Waals surface area (Å²) in [7, 11) is 1.62. The van der Waals surface area contributed by atoms with Crippen molar-refractivity contribution in [2.45, 2.75) is 11.9 Å². The molecule has 0 aliphatic heterocycles. The van der Waals surface area contributed by atoms with Crippen molar-refractivity contribution in [2.75, 3.05) is 23.7 Å². The maximum absolute atomic E-state index is 12.4. The van der Waals surface area contributed by atoms with Crippen molar-refractivity contribution in [3.05, 3.63) is 28.4 Å². The second kappa shape index (κ2) is 5.64. The van der Waals surface area contributed by atoms with Crippen molar-refractivity contribution in [3.8, 4) is 0 Å². The van der Waals surface area contributed by atoms with Crippen LogP contribution in [-0.2, 0) is 17.1 Å². The number of hydrogen-bond acceptors (Lipinski definition) is 5. The molecule has 0 atom stereocenters. The van der Waals surface area contributed by atoms with Crippen molar-refractivity contribution in [3.63, 3.8) is 0 Å². The van der Waals surface area contributed by atoms with Crippen molar-refractivity contribution in [1.82, 2.24) is 15.0 Å². The monoisotopic (exact) mass is 373 g/mol. The largest absolute Gasteiger partial charge is 0.378 e. The highest BCUT2D eigenvalue weighted by Gasteiger charge is 2.24. The van der Waals surface area contributed by atoms with Gasteiger partial charge in [-0.25, -0.2) is 4.68 Å². The van der Waals surface area contributed by atoms with Crippen LogP contribution in [0.15, 0.2) is 27.8 Å². The van der Waals surface area contributed by atoms with E-state index in [9.17, 15) is 8.42 Å². The van der Waals surface area contributed by atoms with Gasteiger partial charge in [0, 0.05) is 26.8 Å². The molecule has 1 aromatic carbocycles. The van der Waals surface area contributed by atoms with Gasteiger partial charge in [-0.1, -0.05) is 5.21 Å². The molecule has 1 N–H and O–H groups in total. The minimum absolute atomic E-state index is 0.0152. The van der Waals surface area contributed by atoms with Crippen molar-refractivity contribution in [1.29, 1.82) is 0 Å². The third kappa shape index (κ3) is 3.18. The highest BCUT2D eigenvalue weighted by molar-refractivity contribution is 9.10. The second-order valence-electron chi connectivity index (χ2n) is 4.81. The molecule has 21 heavy (non-hydrogen) atoms. The minimum Gasteiger partial charge on any atom is -0.378 e. The lowest BCUT2D eigenvalue weighted by Gasteiger charge is -2.16. The highest BCUT2D eigenvalue weighted by atomic mass is 79.9. The van der Waals surface area contributed by atoms with Crippen LogP contribution in [-0.4, -0.2) is 37.5 Å². The molecule has 2 rings (SSSR count). The molecular weight excluding hydrogens is 358 g/mol. The van der Waals surface area contributed by atoms with Crippen molar-refractivity contribution < 1.29 is 8.42 Å². The molecule has 114 valence electrons. The summed E-state index contributed by atoms with van der Waals surface area (Å²) in [6.45, 7) is 1.85. The lowest BCUT2D eigenvalue weighted by molar-refractivity contribution is 0.578. The summed E-state index contributed by atoms with van der Waals surface area (Å²) in [5.41, 5.74) is 2.35. The first kappa shape index (κ1) is 15.8. The summed E-state index contributed by atoms with van der Waals surface area (Å²) >= 11 is 3.10. The van der Waals surface area contributed by atoms with Gasteiger partial charge in [-0.2, -0.15) is 8.42 Å². The predicted octanol–water partition coefficient (Wildman–Crippen LogP) is 1.75. The van der Waals surface area contributed by atoms with Gasteiger partial charge in [0.2, 0.25) is 5.03 Å². The van der Waals surface area contributed by atoms with E-state index in [1.54, 1.807) is 6.07 Å². The number of nitrogens with one attached hydrogen (secondary N) is 1. The number of rotatable bonds is 4. The topological polar surface area (TPSA) is 80.1 Å². The average Bonchev–Trinajstić information content (AvgIpc) is 2.71. The van der Waals surface area contributed by atoms with Gasteiger partial charge in [-0.15, -0.1) is 5.10 Å². The molecular formula is C12H16BrN5O2S. The maximum Gasteiger partial charge on any atom is 0.281 e. The van der Waals surface area contributed by atoms with E-state index >= 15 is 0 Å². The Morgan fingerprint density at radius 2 is 2.00 bits per heavy atom. The highest BCUT2D eigenvalue weighted by Crippen LogP contribution is 2.25. The summed E-state index contributed by atoms with van der Waals surface area (Å²) in [5.74, 6) is 0. The van der Waals surface area contributed by atoms with E-state index < -0.39 is 10.0 Å². The smallest absolute Gasteiger partial charge is 0.281 e. The van der Waals surface area contributed by atoms with Crippen LogP contribution in [0.3, 0.4) is 0 Å². The molecule has 0 amide bonds. The second-order valence-corrected chi connectivity index (χ2v) is 7.16. The van der Waals surface area contributed by atoms with E-state index in [0.29, 0.717) is 5.69 Å². The molecule has 1 aromatic heterocycles. The van der Waals surface area contributed by atoms with Crippen LogP contribution in [0.25, 0.3) is 0 Å². The average molecular weight is 374 g/mol. The minimum atomic E-state index is -3.76. The first-order chi connectivity index (χ1) is 9.72. The van der Waals surface area contributed by atoms with E-state index in [1.165, 1.54) is 11.7 Å². The Labute approximate surface area is 132 Å². The molecule has 0 saturated carbocycles. The van der Waals surface area contributed by atoms with Gasteiger partial charge in [-0.05, 0) is 46.6 Å². The number of benzene rings is 1. The van der Waals surface area contributed by atoms with Gasteiger partial charge >= 0.3 is 0 Å². The van der Waals surface area contributed by atoms with Gasteiger partial charge in [0.25, 0.3) is 10.0 Å². The number of aromatic nitrogens is 3. The fraction of sp³-hybridized carbons (Fsp3) is 0.333. The fourth-order valence-electron chi connectivity index (χ4n) is 1.84. The number of hydrogen-bond donors (Lipinski definition) is 1. The zero-order valence-electron chi connectivity index (χ0n) is 12.1. The molecule has 0 unspecified atom stereocenters. The fourth-order valence-corrected chi connectivity index (χ4v) is 4.07. The first-order valence-electron chi connectivity index (χ1n) is 6.08. The summed E-state index contributed by atoms with van der Waals surface area (Å²) in [5, 5.41) is 7.35. The Balaban J connectivity index is 2.38. The predicted molar refractivity (Wildman–Crippen MR) is 85.0 cm³/mol. The summed E-state index contributed by atoms with van der Waals surface area (Å²) < 4.78 is 28.8. The quantitative estimate of drug-likeness (QED) is 0.882. The van der Waals surface area contributed by atoms with Gasteiger partial charge in [0.15, 0.2) is 4.60 Å². The molecule has 0 saturated heterocycles. The molecule has 7 nitrogen and oxygen atoms in total. The number of nitrogens with zero attached hydrogens (tertiary/aromatic N) is 4. The molecule has 1 heterocycles. The van der Waals surface area contributed by atoms with Crippen molar-refractivity contribution >= 4 is 37.3 Å². The van der Waals surface area contributed by atoms with E-state index in [0.717, 1.165) is 11.3 Å². The van der Waals surface area contributed by atoms with Crippen LogP contribution >= 0.6 is 15.9 Å². The van der Waals surface area contributed by atoms with Gasteiger partial charge in [-0.3, -0.25) is 4.72 Å². The molecule has 2 aromatic rings. The van der Waals surface area contributed by atoms with E-state index in [1.807, 2.05) is 38.1 Å². The van der Waals surface area contributed by atoms with Crippen molar-refractivity contribution in [2.24, 2.45) is 7.05 Å². The standard InChI is InChI=1S/C12H16BrN5O2S/c1-8-7-9(17(2)3)5-6-10(8)15-21(19,20)12-11(13)14-16-18(12)4/h5-7,15H,1-4H3. The molecule has 0 spiro atoms. The molecule has 0 aliphatic carbocycles. The van der Waals surface area contributed by atoms with Crippen LogP contribution < -0.4 is 9.62 Å². The Morgan fingerprint density at radius 1 is 1.33 bits per heavy atom. The Hall–Kier alpha value is -1.61. The van der Waals surface area contributed by atoms with Crippen LogP contribution in [0.1, 0.15) is 5.56 Å². The SMILES string of the molecule is Cc1cc(N(C)C)ccc1NS(=O)(=O)c1c(Br)nnn1C. The van der Waals surface area contributed by atoms with Gasteiger partial charge in [0.1, 0.15) is 0 Å². The molecule has 0 aliphatic rings. The van der Waals surface area contributed by atoms with Gasteiger partial charge < -0.3 is 4.90 Å². The number of sulfonamides is 1. The first-order valence-corrected chi connectivity index (χ1v) is 8.36. The summed E-state index contributed by atoms with van der Waals surface area (Å²) in [6.07, 6.45) is 0. The summed E-state index contributed by atoms with van der Waals surface area (Å²) in [6, 6.07) is 5.50. The molecule has 0 fully saturated rings. The third-order valence-electron chi connectivity index (χ3n) is 2.96.